The number of benzene rings is 2. The van der Waals surface area contributed by atoms with Crippen LogP contribution in [-0.2, 0) is 12.8 Å². The Kier molecular flexibility index (Phi) is 5.06. The molecule has 1 unspecified atom stereocenters. The third-order valence-electron chi connectivity index (χ3n) is 4.06. The van der Waals surface area contributed by atoms with E-state index >= 15 is 0 Å². The highest BCUT2D eigenvalue weighted by molar-refractivity contribution is 5.38. The number of aryl methyl sites for hydroxylation is 1. The monoisotopic (exact) mass is 320 g/mol. The van der Waals surface area contributed by atoms with E-state index in [2.05, 4.69) is 10.2 Å². The summed E-state index contributed by atoms with van der Waals surface area (Å²) in [7, 11) is 0. The van der Waals surface area contributed by atoms with Crippen molar-refractivity contribution in [2.45, 2.75) is 18.9 Å². The van der Waals surface area contributed by atoms with E-state index in [-0.39, 0.29) is 5.82 Å². The maximum absolute atomic E-state index is 14.4. The highest BCUT2D eigenvalue weighted by atomic mass is 19.1. The van der Waals surface area contributed by atoms with Crippen molar-refractivity contribution < 1.29 is 4.39 Å². The van der Waals surface area contributed by atoms with Crippen LogP contribution in [0.2, 0.25) is 0 Å². The number of nitrogens with zero attached hydrogens (tertiary/aromatic N) is 2. The number of aromatic nitrogens is 1. The Balaban J connectivity index is 1.93. The average Bonchev–Trinajstić information content (AvgIpc) is 2.63. The van der Waals surface area contributed by atoms with Gasteiger partial charge in [-0.3, -0.25) is 4.98 Å². The molecule has 4 heteroatoms. The van der Waals surface area contributed by atoms with Crippen molar-refractivity contribution in [3.8, 4) is 0 Å². The van der Waals surface area contributed by atoms with Crippen molar-refractivity contribution in [3.05, 3.63) is 106 Å². The Bertz CT molecular complexity index is 806. The standard InChI is InChI=1S/C20H17FN2O/c21-19-10-4-9-18(20(23-24)16-8-5-13-22-14-16)17(19)12-11-15-6-2-1-3-7-15/h1-10,13-14,20H,11-12H2. The molecular weight excluding hydrogens is 303 g/mol. The van der Waals surface area contributed by atoms with E-state index in [4.69, 9.17) is 0 Å². The summed E-state index contributed by atoms with van der Waals surface area (Å²) in [6, 6.07) is 17.5. The van der Waals surface area contributed by atoms with Gasteiger partial charge >= 0.3 is 0 Å². The molecule has 0 spiro atoms. The first-order chi connectivity index (χ1) is 11.8. The van der Waals surface area contributed by atoms with Gasteiger partial charge in [-0.15, -0.1) is 4.91 Å². The molecule has 1 aromatic heterocycles. The van der Waals surface area contributed by atoms with Crippen LogP contribution in [0, 0.1) is 10.7 Å². The zero-order chi connectivity index (χ0) is 16.8. The highest BCUT2D eigenvalue weighted by Gasteiger charge is 2.20. The molecule has 3 aromatic rings. The van der Waals surface area contributed by atoms with Crippen LogP contribution in [0.25, 0.3) is 0 Å². The summed E-state index contributed by atoms with van der Waals surface area (Å²) in [6.07, 6.45) is 4.44. The predicted molar refractivity (Wildman–Crippen MR) is 92.1 cm³/mol. The summed E-state index contributed by atoms with van der Waals surface area (Å²) >= 11 is 0. The molecule has 0 aliphatic rings. The van der Waals surface area contributed by atoms with Crippen LogP contribution in [0.5, 0.6) is 0 Å². The molecule has 0 N–H and O–H groups in total. The molecule has 0 saturated heterocycles. The van der Waals surface area contributed by atoms with E-state index in [9.17, 15) is 9.30 Å². The van der Waals surface area contributed by atoms with Gasteiger partial charge in [0.25, 0.3) is 0 Å². The normalized spacial score (nSPS) is 11.9. The minimum atomic E-state index is -0.750. The van der Waals surface area contributed by atoms with Gasteiger partial charge in [-0.2, -0.15) is 0 Å². The Morgan fingerprint density at radius 1 is 0.958 bits per heavy atom. The predicted octanol–water partition coefficient (Wildman–Crippen LogP) is 4.86. The van der Waals surface area contributed by atoms with Crippen molar-refractivity contribution in [3.63, 3.8) is 0 Å². The number of halogens is 1. The fraction of sp³-hybridized carbons (Fsp3) is 0.150. The summed E-state index contributed by atoms with van der Waals surface area (Å²) < 4.78 is 14.4. The molecule has 1 atom stereocenters. The quantitative estimate of drug-likeness (QED) is 0.609. The van der Waals surface area contributed by atoms with Crippen LogP contribution in [0.4, 0.5) is 4.39 Å². The van der Waals surface area contributed by atoms with Crippen LogP contribution < -0.4 is 0 Å². The maximum Gasteiger partial charge on any atom is 0.144 e. The summed E-state index contributed by atoms with van der Waals surface area (Å²) in [5.74, 6) is -0.305. The highest BCUT2D eigenvalue weighted by Crippen LogP contribution is 2.30. The number of hydrogen-bond donors (Lipinski definition) is 0. The van der Waals surface area contributed by atoms with Gasteiger partial charge in [-0.1, -0.05) is 53.7 Å². The Hall–Kier alpha value is -2.88. The van der Waals surface area contributed by atoms with Gasteiger partial charge in [0.15, 0.2) is 0 Å². The summed E-state index contributed by atoms with van der Waals surface area (Å²) in [5, 5.41) is 3.23. The summed E-state index contributed by atoms with van der Waals surface area (Å²) in [5.41, 5.74) is 2.94. The van der Waals surface area contributed by atoms with Crippen LogP contribution in [0.1, 0.15) is 28.3 Å². The molecule has 3 nitrogen and oxygen atoms in total. The van der Waals surface area contributed by atoms with Gasteiger partial charge in [-0.25, -0.2) is 4.39 Å². The lowest BCUT2D eigenvalue weighted by atomic mass is 9.92. The number of pyridine rings is 1. The second kappa shape index (κ2) is 7.59. The Morgan fingerprint density at radius 3 is 2.50 bits per heavy atom. The van der Waals surface area contributed by atoms with Crippen molar-refractivity contribution in [2.24, 2.45) is 5.18 Å². The first kappa shape index (κ1) is 16.0. The van der Waals surface area contributed by atoms with Crippen LogP contribution in [0.3, 0.4) is 0 Å². The lowest BCUT2D eigenvalue weighted by Crippen LogP contribution is -2.06. The zero-order valence-electron chi connectivity index (χ0n) is 13.1. The minimum absolute atomic E-state index is 0.305. The Labute approximate surface area is 140 Å². The van der Waals surface area contributed by atoms with Crippen LogP contribution >= 0.6 is 0 Å². The summed E-state index contributed by atoms with van der Waals surface area (Å²) in [6.45, 7) is 0. The van der Waals surface area contributed by atoms with Gasteiger partial charge in [0.2, 0.25) is 0 Å². The molecule has 0 amide bonds. The number of hydrogen-bond acceptors (Lipinski definition) is 3. The van der Waals surface area contributed by atoms with Gasteiger partial charge in [-0.05, 0) is 41.7 Å². The minimum Gasteiger partial charge on any atom is -0.264 e. The van der Waals surface area contributed by atoms with E-state index in [0.717, 1.165) is 5.56 Å². The zero-order valence-corrected chi connectivity index (χ0v) is 13.1. The van der Waals surface area contributed by atoms with Crippen molar-refractivity contribution in [1.29, 1.82) is 0 Å². The first-order valence-electron chi connectivity index (χ1n) is 7.83. The van der Waals surface area contributed by atoms with Crippen molar-refractivity contribution in [2.75, 3.05) is 0 Å². The molecule has 3 rings (SSSR count). The van der Waals surface area contributed by atoms with Crippen molar-refractivity contribution >= 4 is 0 Å². The Morgan fingerprint density at radius 2 is 1.79 bits per heavy atom. The molecule has 0 radical (unpaired) electrons. The van der Waals surface area contributed by atoms with Gasteiger partial charge in [0.05, 0.1) is 0 Å². The molecule has 2 aromatic carbocycles. The lowest BCUT2D eigenvalue weighted by molar-refractivity contribution is 0.601. The second-order valence-electron chi connectivity index (χ2n) is 5.59. The third kappa shape index (κ3) is 3.54. The van der Waals surface area contributed by atoms with Gasteiger partial charge < -0.3 is 0 Å². The van der Waals surface area contributed by atoms with Gasteiger partial charge in [0.1, 0.15) is 11.9 Å². The molecule has 24 heavy (non-hydrogen) atoms. The smallest absolute Gasteiger partial charge is 0.144 e. The molecule has 120 valence electrons. The SMILES string of the molecule is O=NC(c1cccnc1)c1cccc(F)c1CCc1ccccc1. The molecule has 0 bridgehead atoms. The molecule has 0 saturated carbocycles. The van der Waals surface area contributed by atoms with E-state index in [0.29, 0.717) is 29.5 Å². The lowest BCUT2D eigenvalue weighted by Gasteiger charge is -2.15. The van der Waals surface area contributed by atoms with E-state index in [1.807, 2.05) is 30.3 Å². The third-order valence-corrected chi connectivity index (χ3v) is 4.06. The average molecular weight is 320 g/mol. The first-order valence-corrected chi connectivity index (χ1v) is 7.83. The second-order valence-corrected chi connectivity index (χ2v) is 5.59. The molecule has 1 heterocycles. The van der Waals surface area contributed by atoms with Crippen LogP contribution in [0.15, 0.2) is 78.2 Å². The number of rotatable bonds is 6. The topological polar surface area (TPSA) is 42.3 Å². The fourth-order valence-corrected chi connectivity index (χ4v) is 2.84. The molecule has 0 fully saturated rings. The number of nitroso groups, excluding NO2 is 1. The summed E-state index contributed by atoms with van der Waals surface area (Å²) in [4.78, 5) is 15.5. The van der Waals surface area contributed by atoms with E-state index in [1.165, 1.54) is 6.07 Å². The van der Waals surface area contributed by atoms with E-state index in [1.54, 1.807) is 36.7 Å². The maximum atomic E-state index is 14.4. The largest absolute Gasteiger partial charge is 0.264 e. The molecule has 0 aliphatic heterocycles. The van der Waals surface area contributed by atoms with Gasteiger partial charge in [0, 0.05) is 18.0 Å². The van der Waals surface area contributed by atoms with E-state index < -0.39 is 6.04 Å². The van der Waals surface area contributed by atoms with Crippen molar-refractivity contribution in [1.82, 2.24) is 4.98 Å². The molecular formula is C20H17FN2O. The fourth-order valence-electron chi connectivity index (χ4n) is 2.84. The molecule has 0 aliphatic carbocycles. The van der Waals surface area contributed by atoms with Crippen LogP contribution in [-0.4, -0.2) is 4.98 Å².